The van der Waals surface area contributed by atoms with Crippen molar-refractivity contribution in [1.29, 1.82) is 5.26 Å². The normalized spacial score (nSPS) is 10.3. The quantitative estimate of drug-likeness (QED) is 0.719. The van der Waals surface area contributed by atoms with Gasteiger partial charge in [0.25, 0.3) is 0 Å². The first kappa shape index (κ1) is 14.7. The van der Waals surface area contributed by atoms with Crippen molar-refractivity contribution in [3.05, 3.63) is 72.1 Å². The first-order chi connectivity index (χ1) is 11.1. The van der Waals surface area contributed by atoms with Crippen LogP contribution in [0.5, 0.6) is 5.75 Å². The fourth-order valence-corrected chi connectivity index (χ4v) is 2.38. The lowest BCUT2D eigenvalue weighted by atomic mass is 9.94. The molecule has 2 aromatic carbocycles. The molecule has 0 spiro atoms. The second kappa shape index (κ2) is 5.85. The fraction of sp³-hybridized carbons (Fsp3) is 0. The molecule has 3 nitrogen and oxygen atoms in total. The number of phenolic OH excluding ortho intramolecular Hbond substituents is 1. The van der Waals surface area contributed by atoms with Gasteiger partial charge in [-0.25, -0.2) is 9.37 Å². The Morgan fingerprint density at radius 1 is 1.00 bits per heavy atom. The zero-order chi connectivity index (χ0) is 16.4. The van der Waals surface area contributed by atoms with Gasteiger partial charge in [0.05, 0.1) is 11.1 Å². The molecule has 0 aliphatic carbocycles. The Bertz CT molecular complexity index is 918. The summed E-state index contributed by atoms with van der Waals surface area (Å²) in [5.74, 6) is -2.33. The number of aromatic hydroxyl groups is 1. The van der Waals surface area contributed by atoms with Crippen molar-refractivity contribution in [3.8, 4) is 34.1 Å². The summed E-state index contributed by atoms with van der Waals surface area (Å²) in [5.41, 5.74) is -0.0703. The first-order valence-corrected chi connectivity index (χ1v) is 6.75. The lowest BCUT2D eigenvalue weighted by Gasteiger charge is -2.13. The highest BCUT2D eigenvalue weighted by molar-refractivity contribution is 5.81. The smallest absolute Gasteiger partial charge is 0.220 e. The summed E-state index contributed by atoms with van der Waals surface area (Å²) in [5, 5.41) is 19.3. The van der Waals surface area contributed by atoms with Crippen molar-refractivity contribution in [3.63, 3.8) is 0 Å². The lowest BCUT2D eigenvalue weighted by molar-refractivity contribution is 0.469. The molecule has 23 heavy (non-hydrogen) atoms. The van der Waals surface area contributed by atoms with Gasteiger partial charge in [0.15, 0.2) is 0 Å². The molecule has 0 radical (unpaired) electrons. The average Bonchev–Trinajstić information content (AvgIpc) is 2.58. The Labute approximate surface area is 131 Å². The molecule has 0 aliphatic rings. The molecule has 3 aromatic rings. The monoisotopic (exact) mass is 308 g/mol. The van der Waals surface area contributed by atoms with Crippen molar-refractivity contribution < 1.29 is 13.9 Å². The van der Waals surface area contributed by atoms with Gasteiger partial charge < -0.3 is 5.11 Å². The predicted octanol–water partition coefficient (Wildman–Crippen LogP) is 4.27. The van der Waals surface area contributed by atoms with Crippen molar-refractivity contribution in [2.24, 2.45) is 0 Å². The number of pyridine rings is 1. The van der Waals surface area contributed by atoms with E-state index < -0.39 is 17.5 Å². The SMILES string of the molecule is N#Cc1cc(-c2ccccc2)c(F)c(-c2cccnc2F)c1O. The molecule has 1 aromatic heterocycles. The van der Waals surface area contributed by atoms with Gasteiger partial charge in [-0.15, -0.1) is 0 Å². The highest BCUT2D eigenvalue weighted by atomic mass is 19.1. The van der Waals surface area contributed by atoms with E-state index in [1.807, 2.05) is 0 Å². The number of hydrogen-bond acceptors (Lipinski definition) is 3. The fourth-order valence-electron chi connectivity index (χ4n) is 2.38. The summed E-state index contributed by atoms with van der Waals surface area (Å²) in [6.45, 7) is 0. The molecule has 0 atom stereocenters. The third kappa shape index (κ3) is 2.51. The predicted molar refractivity (Wildman–Crippen MR) is 81.4 cm³/mol. The lowest BCUT2D eigenvalue weighted by Crippen LogP contribution is -1.97. The summed E-state index contributed by atoms with van der Waals surface area (Å²) in [7, 11) is 0. The number of benzene rings is 2. The molecule has 112 valence electrons. The Morgan fingerprint density at radius 3 is 2.39 bits per heavy atom. The van der Waals surface area contributed by atoms with Crippen LogP contribution in [-0.4, -0.2) is 10.1 Å². The molecule has 0 amide bonds. The zero-order valence-corrected chi connectivity index (χ0v) is 11.8. The van der Waals surface area contributed by atoms with Gasteiger partial charge >= 0.3 is 0 Å². The van der Waals surface area contributed by atoms with Crippen LogP contribution in [0.25, 0.3) is 22.3 Å². The minimum absolute atomic E-state index is 0.109. The van der Waals surface area contributed by atoms with Gasteiger partial charge in [-0.3, -0.25) is 0 Å². The van der Waals surface area contributed by atoms with E-state index in [-0.39, 0.29) is 22.3 Å². The molecule has 1 heterocycles. The number of nitrogens with zero attached hydrogens (tertiary/aromatic N) is 2. The number of nitriles is 1. The minimum Gasteiger partial charge on any atom is -0.506 e. The second-order valence-electron chi connectivity index (χ2n) is 4.83. The van der Waals surface area contributed by atoms with E-state index in [1.54, 1.807) is 36.4 Å². The largest absolute Gasteiger partial charge is 0.506 e. The van der Waals surface area contributed by atoms with Crippen molar-refractivity contribution >= 4 is 0 Å². The number of aromatic nitrogens is 1. The van der Waals surface area contributed by atoms with Crippen molar-refractivity contribution in [2.45, 2.75) is 0 Å². The van der Waals surface area contributed by atoms with Crippen LogP contribution in [0.1, 0.15) is 5.56 Å². The Hall–Kier alpha value is -3.26. The first-order valence-electron chi connectivity index (χ1n) is 6.75. The van der Waals surface area contributed by atoms with Gasteiger partial charge in [-0.1, -0.05) is 30.3 Å². The van der Waals surface area contributed by atoms with Crippen LogP contribution in [0.4, 0.5) is 8.78 Å². The Kier molecular flexibility index (Phi) is 3.73. The molecular formula is C18H10F2N2O. The Morgan fingerprint density at radius 2 is 1.74 bits per heavy atom. The van der Waals surface area contributed by atoms with Gasteiger partial charge in [-0.05, 0) is 23.8 Å². The van der Waals surface area contributed by atoms with Crippen LogP contribution in [0, 0.1) is 23.1 Å². The van der Waals surface area contributed by atoms with Crippen LogP contribution in [0.3, 0.4) is 0 Å². The van der Waals surface area contributed by atoms with Crippen LogP contribution in [-0.2, 0) is 0 Å². The van der Waals surface area contributed by atoms with Gasteiger partial charge in [-0.2, -0.15) is 9.65 Å². The van der Waals surface area contributed by atoms with E-state index in [0.717, 1.165) is 0 Å². The number of halogens is 2. The minimum atomic E-state index is -0.921. The van der Waals surface area contributed by atoms with Crippen molar-refractivity contribution in [2.75, 3.05) is 0 Å². The number of rotatable bonds is 2. The summed E-state index contributed by atoms with van der Waals surface area (Å²) < 4.78 is 28.9. The maximum atomic E-state index is 14.9. The van der Waals surface area contributed by atoms with Crippen LogP contribution in [0.2, 0.25) is 0 Å². The van der Waals surface area contributed by atoms with E-state index in [2.05, 4.69) is 4.98 Å². The van der Waals surface area contributed by atoms with Crippen LogP contribution >= 0.6 is 0 Å². The van der Waals surface area contributed by atoms with Gasteiger partial charge in [0, 0.05) is 17.3 Å². The summed E-state index contributed by atoms with van der Waals surface area (Å²) in [6, 6.07) is 14.3. The maximum absolute atomic E-state index is 14.9. The molecule has 0 fully saturated rings. The molecule has 0 saturated heterocycles. The molecule has 0 saturated carbocycles. The van der Waals surface area contributed by atoms with Crippen LogP contribution < -0.4 is 0 Å². The van der Waals surface area contributed by atoms with E-state index in [1.165, 1.54) is 24.4 Å². The van der Waals surface area contributed by atoms with Crippen LogP contribution in [0.15, 0.2) is 54.7 Å². The van der Waals surface area contributed by atoms with E-state index in [9.17, 15) is 19.1 Å². The average molecular weight is 308 g/mol. The summed E-state index contributed by atoms with van der Waals surface area (Å²) >= 11 is 0. The summed E-state index contributed by atoms with van der Waals surface area (Å²) in [6.07, 6.45) is 1.22. The highest BCUT2D eigenvalue weighted by Crippen LogP contribution is 2.40. The molecule has 0 aliphatic heterocycles. The maximum Gasteiger partial charge on any atom is 0.220 e. The van der Waals surface area contributed by atoms with Gasteiger partial charge in [0.2, 0.25) is 5.95 Å². The molecule has 0 unspecified atom stereocenters. The third-order valence-corrected chi connectivity index (χ3v) is 3.47. The van der Waals surface area contributed by atoms with Crippen molar-refractivity contribution in [1.82, 2.24) is 4.98 Å². The van der Waals surface area contributed by atoms with E-state index in [0.29, 0.717) is 5.56 Å². The molecule has 1 N–H and O–H groups in total. The number of hydrogen-bond donors (Lipinski definition) is 1. The molecular weight excluding hydrogens is 298 g/mol. The highest BCUT2D eigenvalue weighted by Gasteiger charge is 2.22. The molecule has 5 heteroatoms. The standard InChI is InChI=1S/C18H10F2N2O/c19-16-14(11-5-2-1-3-6-11)9-12(10-21)17(23)15(16)13-7-4-8-22-18(13)20/h1-9,23H. The summed E-state index contributed by atoms with van der Waals surface area (Å²) in [4.78, 5) is 3.47. The number of phenols is 1. The second-order valence-corrected chi connectivity index (χ2v) is 4.83. The molecule has 3 rings (SSSR count). The zero-order valence-electron chi connectivity index (χ0n) is 11.8. The van der Waals surface area contributed by atoms with Gasteiger partial charge in [0.1, 0.15) is 17.6 Å². The topological polar surface area (TPSA) is 56.9 Å². The van der Waals surface area contributed by atoms with E-state index >= 15 is 0 Å². The third-order valence-electron chi connectivity index (χ3n) is 3.47. The van der Waals surface area contributed by atoms with E-state index in [4.69, 9.17) is 0 Å². The Balaban J connectivity index is 2.37. The molecule has 0 bridgehead atoms.